The average molecular weight is 536 g/mol. The summed E-state index contributed by atoms with van der Waals surface area (Å²) >= 11 is 1.43. The first-order valence-corrected chi connectivity index (χ1v) is 14.5. The van der Waals surface area contributed by atoms with Gasteiger partial charge in [0.05, 0.1) is 34.7 Å². The minimum Gasteiger partial charge on any atom is -0.497 e. The quantitative estimate of drug-likeness (QED) is 0.323. The molecule has 1 aromatic heterocycles. The van der Waals surface area contributed by atoms with Crippen molar-refractivity contribution >= 4 is 42.6 Å². The predicted octanol–water partition coefficient (Wildman–Crippen LogP) is 5.25. The van der Waals surface area contributed by atoms with E-state index in [-0.39, 0.29) is 17.3 Å². The second kappa shape index (κ2) is 10.6. The maximum Gasteiger partial charge on any atom is 0.243 e. The molecule has 0 aliphatic carbocycles. The van der Waals surface area contributed by atoms with Crippen LogP contribution in [0.15, 0.2) is 77.7 Å². The molecule has 3 aromatic carbocycles. The van der Waals surface area contributed by atoms with Gasteiger partial charge in [0.15, 0.2) is 5.13 Å². The number of carbonyl (C=O) groups excluding carboxylic acids is 1. The van der Waals surface area contributed by atoms with E-state index in [2.05, 4.69) is 0 Å². The standard InChI is InChI=1S/C28H29N3O4S2/c1-20-10-13-24(14-11-20)37(33,34)30-16-6-9-22(19-30)27(32)31(18-21-7-4-3-5-8-21)28-29-25-15-12-23(35-2)17-26(25)36-28/h3-5,7-8,10-15,17,22H,6,9,16,18-19H2,1-2H3. The lowest BCUT2D eigenvalue weighted by Crippen LogP contribution is -2.46. The lowest BCUT2D eigenvalue weighted by atomic mass is 9.98. The van der Waals surface area contributed by atoms with Crippen LogP contribution < -0.4 is 9.64 Å². The molecule has 1 saturated heterocycles. The van der Waals surface area contributed by atoms with Crippen LogP contribution in [0, 0.1) is 12.8 Å². The van der Waals surface area contributed by atoms with Gasteiger partial charge in [-0.1, -0.05) is 59.4 Å². The normalized spacial score (nSPS) is 16.5. The van der Waals surface area contributed by atoms with Gasteiger partial charge in [0.2, 0.25) is 15.9 Å². The zero-order valence-corrected chi connectivity index (χ0v) is 22.5. The molecule has 0 saturated carbocycles. The molecule has 4 aromatic rings. The monoisotopic (exact) mass is 535 g/mol. The lowest BCUT2D eigenvalue weighted by Gasteiger charge is -2.33. The first kappa shape index (κ1) is 25.4. The number of thiazole rings is 1. The number of aromatic nitrogens is 1. The fourth-order valence-corrected chi connectivity index (χ4v) is 7.11. The van der Waals surface area contributed by atoms with Crippen LogP contribution in [0.5, 0.6) is 5.75 Å². The summed E-state index contributed by atoms with van der Waals surface area (Å²) in [5.41, 5.74) is 2.77. The SMILES string of the molecule is COc1ccc2nc(N(Cc3ccccc3)C(=O)C3CCCN(S(=O)(=O)c4ccc(C)cc4)C3)sc2c1. The summed E-state index contributed by atoms with van der Waals surface area (Å²) in [5.74, 6) is 0.158. The van der Waals surface area contributed by atoms with Gasteiger partial charge in [-0.15, -0.1) is 0 Å². The Morgan fingerprint density at radius 3 is 2.59 bits per heavy atom. The Labute approximate surface area is 221 Å². The highest BCUT2D eigenvalue weighted by Gasteiger charge is 2.36. The van der Waals surface area contributed by atoms with Crippen molar-refractivity contribution in [1.29, 1.82) is 0 Å². The number of rotatable bonds is 7. The van der Waals surface area contributed by atoms with Gasteiger partial charge in [-0.3, -0.25) is 9.69 Å². The molecule has 2 heterocycles. The molecule has 1 amide bonds. The summed E-state index contributed by atoms with van der Waals surface area (Å²) in [7, 11) is -2.07. The number of methoxy groups -OCH3 is 1. The molecule has 0 bridgehead atoms. The number of hydrogen-bond donors (Lipinski definition) is 0. The molecule has 1 fully saturated rings. The molecule has 1 aliphatic heterocycles. The number of piperidine rings is 1. The van der Waals surface area contributed by atoms with Crippen LogP contribution in [-0.4, -0.2) is 43.8 Å². The summed E-state index contributed by atoms with van der Waals surface area (Å²) in [5, 5.41) is 0.593. The van der Waals surface area contributed by atoms with Crippen LogP contribution in [0.3, 0.4) is 0 Å². The summed E-state index contributed by atoms with van der Waals surface area (Å²) in [6.45, 7) is 2.84. The summed E-state index contributed by atoms with van der Waals surface area (Å²) in [6.07, 6.45) is 1.25. The van der Waals surface area contributed by atoms with Crippen LogP contribution in [0.4, 0.5) is 5.13 Å². The van der Waals surface area contributed by atoms with E-state index in [4.69, 9.17) is 9.72 Å². The zero-order chi connectivity index (χ0) is 26.0. The third-order valence-corrected chi connectivity index (χ3v) is 9.58. The van der Waals surface area contributed by atoms with Crippen molar-refractivity contribution in [3.05, 3.63) is 83.9 Å². The minimum absolute atomic E-state index is 0.112. The number of amides is 1. The van der Waals surface area contributed by atoms with Crippen molar-refractivity contribution in [3.8, 4) is 5.75 Å². The topological polar surface area (TPSA) is 79.8 Å². The molecule has 0 N–H and O–H groups in total. The van der Waals surface area contributed by atoms with Gasteiger partial charge in [-0.05, 0) is 55.7 Å². The highest BCUT2D eigenvalue weighted by atomic mass is 32.2. The molecule has 7 nitrogen and oxygen atoms in total. The van der Waals surface area contributed by atoms with E-state index in [1.807, 2.05) is 55.5 Å². The van der Waals surface area contributed by atoms with Gasteiger partial charge < -0.3 is 4.74 Å². The summed E-state index contributed by atoms with van der Waals surface area (Å²) in [4.78, 5) is 20.7. The molecule has 192 valence electrons. The largest absolute Gasteiger partial charge is 0.497 e. The first-order valence-electron chi connectivity index (χ1n) is 12.2. The maximum absolute atomic E-state index is 14.0. The molecule has 0 spiro atoms. The lowest BCUT2D eigenvalue weighted by molar-refractivity contribution is -0.123. The number of aryl methyl sites for hydroxylation is 1. The summed E-state index contributed by atoms with van der Waals surface area (Å²) in [6, 6.07) is 22.3. The second-order valence-electron chi connectivity index (χ2n) is 9.26. The molecule has 1 unspecified atom stereocenters. The number of anilines is 1. The number of fused-ring (bicyclic) bond motifs is 1. The van der Waals surface area contributed by atoms with Gasteiger partial charge in [-0.2, -0.15) is 4.31 Å². The fourth-order valence-electron chi connectivity index (χ4n) is 4.58. The molecule has 9 heteroatoms. The Hall–Kier alpha value is -3.27. The average Bonchev–Trinajstić information content (AvgIpc) is 3.35. The van der Waals surface area contributed by atoms with Crippen molar-refractivity contribution in [1.82, 2.24) is 9.29 Å². The second-order valence-corrected chi connectivity index (χ2v) is 12.2. The Bertz CT molecular complexity index is 1500. The van der Waals surface area contributed by atoms with E-state index in [1.54, 1.807) is 36.3 Å². The number of sulfonamides is 1. The highest BCUT2D eigenvalue weighted by molar-refractivity contribution is 7.89. The van der Waals surface area contributed by atoms with Crippen molar-refractivity contribution in [2.45, 2.75) is 31.2 Å². The van der Waals surface area contributed by atoms with Gasteiger partial charge in [0.25, 0.3) is 0 Å². The molecule has 1 atom stereocenters. The van der Waals surface area contributed by atoms with Crippen LogP contribution in [0.2, 0.25) is 0 Å². The smallest absolute Gasteiger partial charge is 0.243 e. The van der Waals surface area contributed by atoms with Gasteiger partial charge in [0.1, 0.15) is 5.75 Å². The number of ether oxygens (including phenoxy) is 1. The molecular weight excluding hydrogens is 506 g/mol. The van der Waals surface area contributed by atoms with Crippen molar-refractivity contribution < 1.29 is 17.9 Å². The number of nitrogens with zero attached hydrogens (tertiary/aromatic N) is 3. The number of hydrogen-bond acceptors (Lipinski definition) is 6. The van der Waals surface area contributed by atoms with E-state index >= 15 is 0 Å². The van der Waals surface area contributed by atoms with E-state index in [1.165, 1.54) is 15.6 Å². The first-order chi connectivity index (χ1) is 17.8. The van der Waals surface area contributed by atoms with Crippen LogP contribution >= 0.6 is 11.3 Å². The van der Waals surface area contributed by atoms with E-state index < -0.39 is 15.9 Å². The number of carbonyl (C=O) groups is 1. The Balaban J connectivity index is 1.45. The molecular formula is C28H29N3O4S2. The Morgan fingerprint density at radius 1 is 1.11 bits per heavy atom. The third kappa shape index (κ3) is 5.39. The molecule has 5 rings (SSSR count). The third-order valence-electron chi connectivity index (χ3n) is 6.66. The highest BCUT2D eigenvalue weighted by Crippen LogP contribution is 2.34. The predicted molar refractivity (Wildman–Crippen MR) is 146 cm³/mol. The maximum atomic E-state index is 14.0. The van der Waals surface area contributed by atoms with Crippen molar-refractivity contribution in [3.63, 3.8) is 0 Å². The Kier molecular flexibility index (Phi) is 7.28. The minimum atomic E-state index is -3.69. The van der Waals surface area contributed by atoms with E-state index in [9.17, 15) is 13.2 Å². The molecule has 0 radical (unpaired) electrons. The van der Waals surface area contributed by atoms with E-state index in [0.29, 0.717) is 31.1 Å². The van der Waals surface area contributed by atoms with Gasteiger partial charge in [0, 0.05) is 13.1 Å². The van der Waals surface area contributed by atoms with Crippen LogP contribution in [0.25, 0.3) is 10.2 Å². The zero-order valence-electron chi connectivity index (χ0n) is 20.8. The Morgan fingerprint density at radius 2 is 1.86 bits per heavy atom. The van der Waals surface area contributed by atoms with Crippen LogP contribution in [-0.2, 0) is 21.4 Å². The number of benzene rings is 3. The van der Waals surface area contributed by atoms with Crippen molar-refractivity contribution in [2.24, 2.45) is 5.92 Å². The molecule has 37 heavy (non-hydrogen) atoms. The van der Waals surface area contributed by atoms with E-state index in [0.717, 1.165) is 27.1 Å². The fraction of sp³-hybridized carbons (Fsp3) is 0.286. The van der Waals surface area contributed by atoms with Gasteiger partial charge >= 0.3 is 0 Å². The molecule has 1 aliphatic rings. The van der Waals surface area contributed by atoms with Crippen molar-refractivity contribution in [2.75, 3.05) is 25.1 Å². The summed E-state index contributed by atoms with van der Waals surface area (Å²) < 4.78 is 34.4. The van der Waals surface area contributed by atoms with Crippen LogP contribution in [0.1, 0.15) is 24.0 Å². The van der Waals surface area contributed by atoms with Gasteiger partial charge in [-0.25, -0.2) is 13.4 Å².